The van der Waals surface area contributed by atoms with Crippen LogP contribution in [0.15, 0.2) is 60.0 Å². The Labute approximate surface area is 194 Å². The minimum Gasteiger partial charge on any atom is -0.495 e. The number of para-hydroxylation sites is 3. The van der Waals surface area contributed by atoms with Crippen LogP contribution in [0.1, 0.15) is 23.8 Å². The van der Waals surface area contributed by atoms with Crippen molar-refractivity contribution in [2.45, 2.75) is 23.9 Å². The van der Waals surface area contributed by atoms with Gasteiger partial charge in [0.15, 0.2) is 5.16 Å². The number of nitrogens with zero attached hydrogens (tertiary/aromatic N) is 5. The van der Waals surface area contributed by atoms with Crippen LogP contribution in [0.4, 0.5) is 0 Å². The average molecular weight is 466 g/mol. The lowest BCUT2D eigenvalue weighted by Crippen LogP contribution is -2.40. The molecule has 1 aliphatic heterocycles. The SMILES string of the molecule is COc1ccccc1-n1cnnc1SCC(=O)N1CCCC(c2nc3ccccc3s2)C1. The summed E-state index contributed by atoms with van der Waals surface area (Å²) in [6, 6.07) is 15.9. The molecule has 1 saturated heterocycles. The van der Waals surface area contributed by atoms with Gasteiger partial charge in [0.2, 0.25) is 5.91 Å². The maximum Gasteiger partial charge on any atom is 0.233 e. The minimum absolute atomic E-state index is 0.121. The van der Waals surface area contributed by atoms with E-state index in [2.05, 4.69) is 22.3 Å². The highest BCUT2D eigenvalue weighted by molar-refractivity contribution is 7.99. The monoisotopic (exact) mass is 465 g/mol. The standard InChI is InChI=1S/C23H23N5O2S2/c1-30-19-10-4-3-9-18(19)28-15-24-26-23(28)31-14-21(29)27-12-6-7-16(13-27)22-25-17-8-2-5-11-20(17)32-22/h2-5,8-11,15-16H,6-7,12-14H2,1H3. The van der Waals surface area contributed by atoms with Crippen molar-refractivity contribution in [1.82, 2.24) is 24.6 Å². The summed E-state index contributed by atoms with van der Waals surface area (Å²) in [7, 11) is 1.64. The number of fused-ring (bicyclic) bond motifs is 1. The van der Waals surface area contributed by atoms with Gasteiger partial charge in [0.1, 0.15) is 12.1 Å². The van der Waals surface area contributed by atoms with E-state index in [1.807, 2.05) is 45.9 Å². The van der Waals surface area contributed by atoms with Crippen molar-refractivity contribution >= 4 is 39.2 Å². The molecular formula is C23H23N5O2S2. The molecule has 1 aliphatic rings. The van der Waals surface area contributed by atoms with Crippen LogP contribution in [0.5, 0.6) is 5.75 Å². The van der Waals surface area contributed by atoms with Crippen molar-refractivity contribution in [1.29, 1.82) is 0 Å². The zero-order valence-corrected chi connectivity index (χ0v) is 19.3. The van der Waals surface area contributed by atoms with Crippen LogP contribution in [0.2, 0.25) is 0 Å². The Morgan fingerprint density at radius 2 is 2.06 bits per heavy atom. The Morgan fingerprint density at radius 1 is 1.22 bits per heavy atom. The minimum atomic E-state index is 0.121. The van der Waals surface area contributed by atoms with Gasteiger partial charge in [0.05, 0.1) is 33.8 Å². The van der Waals surface area contributed by atoms with Gasteiger partial charge < -0.3 is 9.64 Å². The number of methoxy groups -OCH3 is 1. The van der Waals surface area contributed by atoms with Crippen LogP contribution < -0.4 is 4.74 Å². The number of thiazole rings is 1. The number of hydrogen-bond acceptors (Lipinski definition) is 7. The van der Waals surface area contributed by atoms with E-state index in [1.54, 1.807) is 24.8 Å². The molecule has 0 radical (unpaired) electrons. The van der Waals surface area contributed by atoms with E-state index in [4.69, 9.17) is 9.72 Å². The Kier molecular flexibility index (Phi) is 6.09. The molecule has 9 heteroatoms. The summed E-state index contributed by atoms with van der Waals surface area (Å²) in [5, 5.41) is 10.1. The van der Waals surface area contributed by atoms with Crippen molar-refractivity contribution in [2.24, 2.45) is 0 Å². The predicted octanol–water partition coefficient (Wildman–Crippen LogP) is 4.38. The first-order valence-corrected chi connectivity index (χ1v) is 12.3. The third-order valence-corrected chi connectivity index (χ3v) is 7.75. The van der Waals surface area contributed by atoms with Crippen molar-refractivity contribution in [3.05, 3.63) is 59.9 Å². The summed E-state index contributed by atoms with van der Waals surface area (Å²) in [6.45, 7) is 1.51. The van der Waals surface area contributed by atoms with Crippen molar-refractivity contribution in [3.8, 4) is 11.4 Å². The number of rotatable bonds is 6. The second kappa shape index (κ2) is 9.30. The molecule has 4 aromatic rings. The fourth-order valence-electron chi connectivity index (χ4n) is 4.00. The molecule has 1 unspecified atom stereocenters. The molecule has 0 bridgehead atoms. The fraction of sp³-hybridized carbons (Fsp3) is 0.304. The van der Waals surface area contributed by atoms with E-state index in [0.717, 1.165) is 47.9 Å². The Morgan fingerprint density at radius 3 is 2.94 bits per heavy atom. The van der Waals surface area contributed by atoms with Gasteiger partial charge >= 0.3 is 0 Å². The van der Waals surface area contributed by atoms with E-state index in [1.165, 1.54) is 16.5 Å². The van der Waals surface area contributed by atoms with E-state index < -0.39 is 0 Å². The maximum absolute atomic E-state index is 13.0. The molecule has 3 heterocycles. The van der Waals surface area contributed by atoms with Crippen molar-refractivity contribution < 1.29 is 9.53 Å². The molecular weight excluding hydrogens is 442 g/mol. The van der Waals surface area contributed by atoms with E-state index in [0.29, 0.717) is 16.8 Å². The molecule has 7 nitrogen and oxygen atoms in total. The number of carbonyl (C=O) groups excluding carboxylic acids is 1. The highest BCUT2D eigenvalue weighted by Crippen LogP contribution is 2.33. The highest BCUT2D eigenvalue weighted by atomic mass is 32.2. The number of carbonyl (C=O) groups is 1. The Hall–Kier alpha value is -2.91. The number of hydrogen-bond donors (Lipinski definition) is 0. The van der Waals surface area contributed by atoms with Gasteiger partial charge in [-0.3, -0.25) is 9.36 Å². The molecule has 1 fully saturated rings. The first kappa shape index (κ1) is 21.0. The quantitative estimate of drug-likeness (QED) is 0.394. The molecule has 2 aromatic heterocycles. The molecule has 0 spiro atoms. The molecule has 0 N–H and O–H groups in total. The summed E-state index contributed by atoms with van der Waals surface area (Å²) in [6.07, 6.45) is 3.71. The van der Waals surface area contributed by atoms with E-state index in [-0.39, 0.29) is 5.91 Å². The second-order valence-corrected chi connectivity index (χ2v) is 9.65. The summed E-state index contributed by atoms with van der Waals surface area (Å²) in [5.41, 5.74) is 1.89. The smallest absolute Gasteiger partial charge is 0.233 e. The lowest BCUT2D eigenvalue weighted by Gasteiger charge is -2.31. The Balaban J connectivity index is 1.25. The molecule has 2 aromatic carbocycles. The molecule has 1 atom stereocenters. The number of aromatic nitrogens is 4. The van der Waals surface area contributed by atoms with Crippen LogP contribution in [-0.4, -0.2) is 56.5 Å². The number of ether oxygens (including phenoxy) is 1. The third-order valence-electron chi connectivity index (χ3n) is 5.62. The second-order valence-electron chi connectivity index (χ2n) is 7.64. The summed E-state index contributed by atoms with van der Waals surface area (Å²) < 4.78 is 8.52. The molecule has 164 valence electrons. The lowest BCUT2D eigenvalue weighted by atomic mass is 9.99. The van der Waals surface area contributed by atoms with E-state index >= 15 is 0 Å². The molecule has 32 heavy (non-hydrogen) atoms. The Bertz CT molecular complexity index is 1200. The zero-order chi connectivity index (χ0) is 21.9. The number of piperidine rings is 1. The van der Waals surface area contributed by atoms with Gasteiger partial charge in [-0.2, -0.15) is 0 Å². The van der Waals surface area contributed by atoms with Gasteiger partial charge in [0.25, 0.3) is 0 Å². The highest BCUT2D eigenvalue weighted by Gasteiger charge is 2.27. The number of likely N-dealkylation sites (tertiary alicyclic amines) is 1. The van der Waals surface area contributed by atoms with E-state index in [9.17, 15) is 4.79 Å². The molecule has 1 amide bonds. The van der Waals surface area contributed by atoms with Gasteiger partial charge in [-0.05, 0) is 37.1 Å². The van der Waals surface area contributed by atoms with Gasteiger partial charge in [-0.1, -0.05) is 36.0 Å². The fourth-order valence-corrected chi connectivity index (χ4v) is 5.92. The lowest BCUT2D eigenvalue weighted by molar-refractivity contribution is -0.129. The summed E-state index contributed by atoms with van der Waals surface area (Å²) >= 11 is 3.14. The molecule has 0 saturated carbocycles. The van der Waals surface area contributed by atoms with Crippen molar-refractivity contribution in [2.75, 3.05) is 26.0 Å². The van der Waals surface area contributed by atoms with Crippen LogP contribution in [0.3, 0.4) is 0 Å². The number of thioether (sulfide) groups is 1. The first-order valence-electron chi connectivity index (χ1n) is 10.5. The normalized spacial score (nSPS) is 16.4. The largest absolute Gasteiger partial charge is 0.495 e. The number of amides is 1. The third kappa shape index (κ3) is 4.22. The predicted molar refractivity (Wildman–Crippen MR) is 127 cm³/mol. The first-order chi connectivity index (χ1) is 15.7. The summed E-state index contributed by atoms with van der Waals surface area (Å²) in [4.78, 5) is 19.8. The average Bonchev–Trinajstić information content (AvgIpc) is 3.49. The van der Waals surface area contributed by atoms with Gasteiger partial charge in [-0.15, -0.1) is 21.5 Å². The van der Waals surface area contributed by atoms with Crippen molar-refractivity contribution in [3.63, 3.8) is 0 Å². The maximum atomic E-state index is 13.0. The van der Waals surface area contributed by atoms with Gasteiger partial charge in [-0.25, -0.2) is 4.98 Å². The van der Waals surface area contributed by atoms with Crippen LogP contribution in [0.25, 0.3) is 15.9 Å². The van der Waals surface area contributed by atoms with Crippen LogP contribution in [0, 0.1) is 0 Å². The zero-order valence-electron chi connectivity index (χ0n) is 17.7. The summed E-state index contributed by atoms with van der Waals surface area (Å²) in [5.74, 6) is 1.47. The topological polar surface area (TPSA) is 73.1 Å². The molecule has 5 rings (SSSR count). The van der Waals surface area contributed by atoms with Gasteiger partial charge in [0, 0.05) is 19.0 Å². The van der Waals surface area contributed by atoms with Crippen LogP contribution in [-0.2, 0) is 4.79 Å². The van der Waals surface area contributed by atoms with Crippen LogP contribution >= 0.6 is 23.1 Å². The molecule has 0 aliphatic carbocycles. The number of benzene rings is 2.